The van der Waals surface area contributed by atoms with Gasteiger partial charge in [-0.2, -0.15) is 57.1 Å². The first-order valence-electron chi connectivity index (χ1n) is 7.28. The molecule has 0 amide bonds. The molecule has 17 heteroatoms. The zero-order valence-electron chi connectivity index (χ0n) is 14.8. The van der Waals surface area contributed by atoms with Crippen molar-refractivity contribution in [3.05, 3.63) is 0 Å². The van der Waals surface area contributed by atoms with E-state index in [0.717, 1.165) is 14.2 Å². The summed E-state index contributed by atoms with van der Waals surface area (Å²) in [5.74, 6) is -36.8. The smallest absolute Gasteiger partial charge is 0.377 e. The Morgan fingerprint density at radius 2 is 1.00 bits per heavy atom. The van der Waals surface area contributed by atoms with E-state index < -0.39 is 64.0 Å². The molecule has 0 aromatic carbocycles. The molecule has 176 valence electrons. The van der Waals surface area contributed by atoms with E-state index in [2.05, 4.69) is 0 Å². The number of halogens is 13. The summed E-state index contributed by atoms with van der Waals surface area (Å²) in [6, 6.07) is 0. The van der Waals surface area contributed by atoms with Crippen molar-refractivity contribution in [2.45, 2.75) is 55.2 Å². The number of alkyl halides is 13. The summed E-state index contributed by atoms with van der Waals surface area (Å²) in [4.78, 5) is 0. The van der Waals surface area contributed by atoms with E-state index in [1.807, 2.05) is 0 Å². The SMILES string of the molecule is CO[Si](C)(OC)OCCCC(F)(F)C(F)(F)C(F)(F)C(F)(F)C(F)(F)C(F)(F)F. The van der Waals surface area contributed by atoms with Crippen molar-refractivity contribution in [2.75, 3.05) is 20.8 Å². The Morgan fingerprint density at radius 1 is 0.621 bits per heavy atom. The summed E-state index contributed by atoms with van der Waals surface area (Å²) in [6.45, 7) is 0.310. The van der Waals surface area contributed by atoms with Crippen LogP contribution >= 0.6 is 0 Å². The highest BCUT2D eigenvalue weighted by Crippen LogP contribution is 2.60. The molecule has 0 unspecified atom stereocenters. The lowest BCUT2D eigenvalue weighted by molar-refractivity contribution is -0.440. The van der Waals surface area contributed by atoms with Crippen LogP contribution in [0.1, 0.15) is 12.8 Å². The second-order valence-corrected chi connectivity index (χ2v) is 8.55. The first-order valence-corrected chi connectivity index (χ1v) is 9.50. The van der Waals surface area contributed by atoms with E-state index in [0.29, 0.717) is 0 Å². The molecule has 0 radical (unpaired) electrons. The van der Waals surface area contributed by atoms with Gasteiger partial charge in [-0.1, -0.05) is 0 Å². The topological polar surface area (TPSA) is 27.7 Å². The Labute approximate surface area is 156 Å². The Morgan fingerprint density at radius 3 is 1.34 bits per heavy atom. The van der Waals surface area contributed by atoms with Crippen molar-refractivity contribution in [1.29, 1.82) is 0 Å². The first-order chi connectivity index (χ1) is 12.6. The van der Waals surface area contributed by atoms with Crippen LogP contribution in [0, 0.1) is 0 Å². The van der Waals surface area contributed by atoms with Crippen LogP contribution in [0.4, 0.5) is 57.1 Å². The fourth-order valence-corrected chi connectivity index (χ4v) is 2.63. The van der Waals surface area contributed by atoms with Gasteiger partial charge >= 0.3 is 44.6 Å². The third-order valence-electron chi connectivity index (χ3n) is 3.74. The zero-order valence-corrected chi connectivity index (χ0v) is 15.8. The van der Waals surface area contributed by atoms with Crippen LogP contribution in [0.5, 0.6) is 0 Å². The second kappa shape index (κ2) is 8.37. The van der Waals surface area contributed by atoms with Gasteiger partial charge in [0.2, 0.25) is 0 Å². The van der Waals surface area contributed by atoms with Crippen LogP contribution in [0.2, 0.25) is 6.55 Å². The fourth-order valence-electron chi connectivity index (χ4n) is 1.71. The maximum Gasteiger partial charge on any atom is 0.497 e. The lowest BCUT2D eigenvalue weighted by Gasteiger charge is -2.39. The monoisotopic (exact) mass is 482 g/mol. The lowest BCUT2D eigenvalue weighted by Crippen LogP contribution is -2.70. The van der Waals surface area contributed by atoms with Gasteiger partial charge in [0, 0.05) is 33.8 Å². The highest BCUT2D eigenvalue weighted by Gasteiger charge is 2.90. The number of hydrogen-bond acceptors (Lipinski definition) is 3. The number of rotatable bonds is 11. The van der Waals surface area contributed by atoms with Crippen molar-refractivity contribution >= 4 is 8.80 Å². The molecule has 3 nitrogen and oxygen atoms in total. The first kappa shape index (κ1) is 28.2. The van der Waals surface area contributed by atoms with Crippen molar-refractivity contribution in [3.8, 4) is 0 Å². The molecule has 0 aliphatic heterocycles. The standard InChI is InChI=1S/C12H15F13O3Si/c1-26-29(3,27-2)28-6-4-5-7(13,14)8(15,16)9(17,18)10(19,20)11(21,22)12(23,24)25/h4-6H2,1-3H3. The average Bonchev–Trinajstić information content (AvgIpc) is 2.56. The van der Waals surface area contributed by atoms with E-state index in [1.165, 1.54) is 6.55 Å². The highest BCUT2D eigenvalue weighted by atomic mass is 28.4. The Kier molecular flexibility index (Phi) is 8.14. The predicted molar refractivity (Wildman–Crippen MR) is 71.6 cm³/mol. The van der Waals surface area contributed by atoms with Gasteiger partial charge in [0.15, 0.2) is 0 Å². The van der Waals surface area contributed by atoms with Gasteiger partial charge in [0.25, 0.3) is 0 Å². The molecule has 0 aromatic rings. The molecule has 0 rings (SSSR count). The van der Waals surface area contributed by atoms with Gasteiger partial charge in [0.05, 0.1) is 0 Å². The number of hydrogen-bond donors (Lipinski definition) is 0. The molecule has 29 heavy (non-hydrogen) atoms. The molecular formula is C12H15F13O3Si. The maximum absolute atomic E-state index is 13.5. The summed E-state index contributed by atoms with van der Waals surface area (Å²) in [5, 5.41) is 0. The van der Waals surface area contributed by atoms with E-state index in [1.54, 1.807) is 0 Å². The third-order valence-corrected chi connectivity index (χ3v) is 5.95. The summed E-state index contributed by atoms with van der Waals surface area (Å²) in [7, 11) is -1.26. The van der Waals surface area contributed by atoms with Gasteiger partial charge in [0.1, 0.15) is 0 Å². The lowest BCUT2D eigenvalue weighted by atomic mass is 9.92. The molecule has 0 aliphatic carbocycles. The van der Waals surface area contributed by atoms with Crippen LogP contribution < -0.4 is 0 Å². The Bertz CT molecular complexity index is 546. The van der Waals surface area contributed by atoms with Crippen LogP contribution in [-0.4, -0.2) is 65.4 Å². The summed E-state index contributed by atoms with van der Waals surface area (Å²) >= 11 is 0. The molecule has 0 saturated heterocycles. The van der Waals surface area contributed by atoms with E-state index in [4.69, 9.17) is 13.3 Å². The van der Waals surface area contributed by atoms with Gasteiger partial charge in [-0.3, -0.25) is 0 Å². The summed E-state index contributed by atoms with van der Waals surface area (Å²) in [5.41, 5.74) is 0. The Balaban J connectivity index is 5.60. The highest BCUT2D eigenvalue weighted by molar-refractivity contribution is 6.59. The van der Waals surface area contributed by atoms with E-state index in [-0.39, 0.29) is 0 Å². The third kappa shape index (κ3) is 4.92. The van der Waals surface area contributed by atoms with E-state index in [9.17, 15) is 57.1 Å². The molecule has 0 bridgehead atoms. The van der Waals surface area contributed by atoms with Crippen molar-refractivity contribution in [3.63, 3.8) is 0 Å². The van der Waals surface area contributed by atoms with Crippen molar-refractivity contribution < 1.29 is 70.4 Å². The van der Waals surface area contributed by atoms with Crippen LogP contribution in [0.3, 0.4) is 0 Å². The molecule has 0 spiro atoms. The molecule has 0 N–H and O–H groups in total. The predicted octanol–water partition coefficient (Wildman–Crippen LogP) is 5.38. The normalized spacial score (nSPS) is 15.7. The molecular weight excluding hydrogens is 467 g/mol. The minimum atomic E-state index is -7.89. The fraction of sp³-hybridized carbons (Fsp3) is 1.00. The summed E-state index contributed by atoms with van der Waals surface area (Å²) in [6.07, 6.45) is -11.0. The van der Waals surface area contributed by atoms with Crippen LogP contribution in [0.25, 0.3) is 0 Å². The molecule has 0 atom stereocenters. The Hall–Kier alpha value is -0.813. The van der Waals surface area contributed by atoms with Crippen molar-refractivity contribution in [2.24, 2.45) is 0 Å². The summed E-state index contributed by atoms with van der Waals surface area (Å²) < 4.78 is 182. The average molecular weight is 482 g/mol. The van der Waals surface area contributed by atoms with Gasteiger partial charge < -0.3 is 13.3 Å². The molecule has 0 fully saturated rings. The molecule has 0 aliphatic rings. The maximum atomic E-state index is 13.5. The minimum Gasteiger partial charge on any atom is -0.377 e. The molecule has 0 heterocycles. The second-order valence-electron chi connectivity index (χ2n) is 5.72. The van der Waals surface area contributed by atoms with Crippen molar-refractivity contribution in [1.82, 2.24) is 0 Å². The minimum absolute atomic E-state index is 0.892. The van der Waals surface area contributed by atoms with Gasteiger partial charge in [-0.15, -0.1) is 0 Å². The zero-order chi connectivity index (χ0) is 23.7. The van der Waals surface area contributed by atoms with E-state index >= 15 is 0 Å². The van der Waals surface area contributed by atoms with Gasteiger partial charge in [-0.25, -0.2) is 0 Å². The molecule has 0 aromatic heterocycles. The van der Waals surface area contributed by atoms with Gasteiger partial charge in [-0.05, 0) is 6.42 Å². The molecule has 0 saturated carbocycles. The van der Waals surface area contributed by atoms with Crippen LogP contribution in [-0.2, 0) is 13.3 Å². The van der Waals surface area contributed by atoms with Crippen LogP contribution in [0.15, 0.2) is 0 Å². The quantitative estimate of drug-likeness (QED) is 0.225. The largest absolute Gasteiger partial charge is 0.497 e.